The Morgan fingerprint density at radius 2 is 1.65 bits per heavy atom. The van der Waals surface area contributed by atoms with Crippen molar-refractivity contribution in [3.05, 3.63) is 69.2 Å². The highest BCUT2D eigenvalue weighted by Crippen LogP contribution is 2.27. The van der Waals surface area contributed by atoms with Crippen LogP contribution in [0, 0.1) is 0 Å². The van der Waals surface area contributed by atoms with Gasteiger partial charge in [0.1, 0.15) is 0 Å². The largest absolute Gasteiger partial charge is 0.465 e. The van der Waals surface area contributed by atoms with Gasteiger partial charge in [-0.1, -0.05) is 53.5 Å². The van der Waals surface area contributed by atoms with Gasteiger partial charge in [0.2, 0.25) is 0 Å². The number of carbonyl (C=O) groups excluding carboxylic acids is 2. The molecule has 0 saturated heterocycles. The molecule has 1 atom stereocenters. The molecule has 0 saturated carbocycles. The van der Waals surface area contributed by atoms with Gasteiger partial charge in [-0.2, -0.15) is 0 Å². The van der Waals surface area contributed by atoms with E-state index in [4.69, 9.17) is 23.2 Å². The highest BCUT2D eigenvalue weighted by atomic mass is 35.5. The number of benzene rings is 2. The molecule has 0 aliphatic rings. The third kappa shape index (κ3) is 4.03. The standard InChI is InChI=1S/C17H15Cl2NO3/c1-10(11-6-4-3-5-7-11)20-16(21)12-8-13(18)15(14(19)9-12)17(22)23-2/h3-10H,1-2H3,(H,20,21). The Morgan fingerprint density at radius 1 is 1.09 bits per heavy atom. The lowest BCUT2D eigenvalue weighted by Crippen LogP contribution is -2.26. The van der Waals surface area contributed by atoms with Crippen LogP contribution in [0.2, 0.25) is 10.0 Å². The maximum Gasteiger partial charge on any atom is 0.340 e. The number of halogens is 2. The van der Waals surface area contributed by atoms with E-state index in [0.29, 0.717) is 0 Å². The summed E-state index contributed by atoms with van der Waals surface area (Å²) in [6.45, 7) is 1.87. The summed E-state index contributed by atoms with van der Waals surface area (Å²) in [5.74, 6) is -0.980. The third-order valence-corrected chi connectivity index (χ3v) is 3.94. The number of hydrogen-bond acceptors (Lipinski definition) is 3. The molecule has 2 aromatic rings. The fourth-order valence-corrected chi connectivity index (χ4v) is 2.75. The molecule has 0 aliphatic heterocycles. The molecule has 0 aliphatic carbocycles. The Hall–Kier alpha value is -2.04. The van der Waals surface area contributed by atoms with Crippen molar-refractivity contribution in [2.75, 3.05) is 7.11 Å². The van der Waals surface area contributed by atoms with E-state index < -0.39 is 5.97 Å². The quantitative estimate of drug-likeness (QED) is 0.836. The second kappa shape index (κ2) is 7.49. The second-order valence-corrected chi connectivity index (χ2v) is 5.73. The topological polar surface area (TPSA) is 55.4 Å². The molecular weight excluding hydrogens is 337 g/mol. The van der Waals surface area contributed by atoms with Crippen molar-refractivity contribution in [2.24, 2.45) is 0 Å². The van der Waals surface area contributed by atoms with Gasteiger partial charge in [0.15, 0.2) is 0 Å². The summed E-state index contributed by atoms with van der Waals surface area (Å²) in [6, 6.07) is 12.2. The van der Waals surface area contributed by atoms with Crippen molar-refractivity contribution in [1.82, 2.24) is 5.32 Å². The van der Waals surface area contributed by atoms with Crippen LogP contribution in [0.5, 0.6) is 0 Å². The van der Waals surface area contributed by atoms with Crippen LogP contribution < -0.4 is 5.32 Å². The number of rotatable bonds is 4. The first kappa shape index (κ1) is 17.3. The minimum atomic E-state index is -0.649. The molecule has 0 heterocycles. The number of ether oxygens (including phenoxy) is 1. The lowest BCUT2D eigenvalue weighted by atomic mass is 10.1. The van der Waals surface area contributed by atoms with Crippen molar-refractivity contribution >= 4 is 35.1 Å². The minimum Gasteiger partial charge on any atom is -0.465 e. The highest BCUT2D eigenvalue weighted by molar-refractivity contribution is 6.39. The van der Waals surface area contributed by atoms with Gasteiger partial charge in [-0.3, -0.25) is 4.79 Å². The van der Waals surface area contributed by atoms with Gasteiger partial charge in [0, 0.05) is 5.56 Å². The molecule has 0 aromatic heterocycles. The van der Waals surface area contributed by atoms with Crippen LogP contribution in [0.4, 0.5) is 0 Å². The first-order valence-corrected chi connectivity index (χ1v) is 7.62. The van der Waals surface area contributed by atoms with Gasteiger partial charge in [-0.05, 0) is 24.6 Å². The van der Waals surface area contributed by atoms with Gasteiger partial charge in [0.05, 0.1) is 28.8 Å². The molecular formula is C17H15Cl2NO3. The molecule has 0 bridgehead atoms. The molecule has 4 nitrogen and oxygen atoms in total. The Balaban J connectivity index is 2.22. The van der Waals surface area contributed by atoms with Crippen LogP contribution in [0.15, 0.2) is 42.5 Å². The molecule has 6 heteroatoms. The number of hydrogen-bond donors (Lipinski definition) is 1. The van der Waals surface area contributed by atoms with Crippen LogP contribution in [0.25, 0.3) is 0 Å². The first-order valence-electron chi connectivity index (χ1n) is 6.87. The zero-order chi connectivity index (χ0) is 17.0. The lowest BCUT2D eigenvalue weighted by Gasteiger charge is -2.15. The molecule has 2 rings (SSSR count). The predicted molar refractivity (Wildman–Crippen MR) is 90.1 cm³/mol. The van der Waals surface area contributed by atoms with E-state index in [0.717, 1.165) is 5.56 Å². The third-order valence-electron chi connectivity index (χ3n) is 3.34. The number of carbonyl (C=O) groups is 2. The van der Waals surface area contributed by atoms with E-state index in [-0.39, 0.29) is 33.1 Å². The molecule has 2 aromatic carbocycles. The van der Waals surface area contributed by atoms with Crippen LogP contribution in [-0.2, 0) is 4.74 Å². The second-order valence-electron chi connectivity index (χ2n) is 4.91. The van der Waals surface area contributed by atoms with Crippen LogP contribution in [0.3, 0.4) is 0 Å². The van der Waals surface area contributed by atoms with E-state index in [9.17, 15) is 9.59 Å². The van der Waals surface area contributed by atoms with Crippen LogP contribution in [-0.4, -0.2) is 19.0 Å². The molecule has 1 amide bonds. The van der Waals surface area contributed by atoms with Gasteiger partial charge in [0.25, 0.3) is 5.91 Å². The fraction of sp³-hybridized carbons (Fsp3) is 0.176. The molecule has 0 spiro atoms. The molecule has 1 N–H and O–H groups in total. The number of nitrogens with one attached hydrogen (secondary N) is 1. The fourth-order valence-electron chi connectivity index (χ4n) is 2.11. The van der Waals surface area contributed by atoms with Crippen LogP contribution in [0.1, 0.15) is 39.2 Å². The Labute approximate surface area is 144 Å². The SMILES string of the molecule is COC(=O)c1c(Cl)cc(C(=O)NC(C)c2ccccc2)cc1Cl. The smallest absolute Gasteiger partial charge is 0.340 e. The average molecular weight is 352 g/mol. The Bertz CT molecular complexity index is 709. The maximum atomic E-state index is 12.3. The van der Waals surface area contributed by atoms with E-state index in [1.807, 2.05) is 37.3 Å². The zero-order valence-electron chi connectivity index (χ0n) is 12.6. The summed E-state index contributed by atoms with van der Waals surface area (Å²) in [4.78, 5) is 23.9. The lowest BCUT2D eigenvalue weighted by molar-refractivity contribution is 0.0600. The summed E-state index contributed by atoms with van der Waals surface area (Å²) in [7, 11) is 1.23. The van der Waals surface area contributed by atoms with Gasteiger partial charge in [-0.15, -0.1) is 0 Å². The molecule has 0 fully saturated rings. The van der Waals surface area contributed by atoms with E-state index in [1.54, 1.807) is 0 Å². The highest BCUT2D eigenvalue weighted by Gasteiger charge is 2.19. The normalized spacial score (nSPS) is 11.7. The molecule has 23 heavy (non-hydrogen) atoms. The molecule has 0 radical (unpaired) electrons. The van der Waals surface area contributed by atoms with E-state index >= 15 is 0 Å². The molecule has 1 unspecified atom stereocenters. The summed E-state index contributed by atoms with van der Waals surface area (Å²) >= 11 is 12.1. The first-order chi connectivity index (χ1) is 10.9. The maximum absolute atomic E-state index is 12.3. The van der Waals surface area contributed by atoms with Gasteiger partial charge < -0.3 is 10.1 Å². The molecule has 120 valence electrons. The van der Waals surface area contributed by atoms with Gasteiger partial charge >= 0.3 is 5.97 Å². The van der Waals surface area contributed by atoms with E-state index in [2.05, 4.69) is 10.1 Å². The zero-order valence-corrected chi connectivity index (χ0v) is 14.1. The van der Waals surface area contributed by atoms with E-state index in [1.165, 1.54) is 19.2 Å². The van der Waals surface area contributed by atoms with Gasteiger partial charge in [-0.25, -0.2) is 4.79 Å². The Kier molecular flexibility index (Phi) is 5.64. The van der Waals surface area contributed by atoms with Crippen molar-refractivity contribution in [3.63, 3.8) is 0 Å². The van der Waals surface area contributed by atoms with Crippen molar-refractivity contribution in [2.45, 2.75) is 13.0 Å². The summed E-state index contributed by atoms with van der Waals surface area (Å²) < 4.78 is 4.61. The van der Waals surface area contributed by atoms with Crippen molar-refractivity contribution in [1.29, 1.82) is 0 Å². The number of amides is 1. The number of esters is 1. The van der Waals surface area contributed by atoms with Crippen molar-refractivity contribution < 1.29 is 14.3 Å². The van der Waals surface area contributed by atoms with Crippen molar-refractivity contribution in [3.8, 4) is 0 Å². The number of methoxy groups -OCH3 is 1. The summed E-state index contributed by atoms with van der Waals surface area (Å²) in [6.07, 6.45) is 0. The predicted octanol–water partition coefficient (Wildman–Crippen LogP) is 4.27. The Morgan fingerprint density at radius 3 is 2.17 bits per heavy atom. The monoisotopic (exact) mass is 351 g/mol. The summed E-state index contributed by atoms with van der Waals surface area (Å²) in [5, 5.41) is 3.00. The average Bonchev–Trinajstić information content (AvgIpc) is 2.54. The van der Waals surface area contributed by atoms with Crippen LogP contribution >= 0.6 is 23.2 Å². The minimum absolute atomic E-state index is 0.0449. The summed E-state index contributed by atoms with van der Waals surface area (Å²) in [5.41, 5.74) is 1.29.